The first kappa shape index (κ1) is 10.1. The van der Waals surface area contributed by atoms with Crippen molar-refractivity contribution in [2.24, 2.45) is 0 Å². The van der Waals surface area contributed by atoms with E-state index in [9.17, 15) is 0 Å². The van der Waals surface area contributed by atoms with E-state index in [0.717, 1.165) is 5.69 Å². The van der Waals surface area contributed by atoms with Crippen molar-refractivity contribution >= 4 is 29.1 Å². The SMILES string of the molecule is Nc1cc(C2CCSCC2)nnc1Cl. The third kappa shape index (κ3) is 2.12. The van der Waals surface area contributed by atoms with Crippen LogP contribution in [0.25, 0.3) is 0 Å². The lowest BCUT2D eigenvalue weighted by molar-refractivity contribution is 0.609. The lowest BCUT2D eigenvalue weighted by Crippen LogP contribution is -2.10. The Bertz CT molecular complexity index is 326. The Kier molecular flexibility index (Phi) is 3.13. The highest BCUT2D eigenvalue weighted by Crippen LogP contribution is 2.31. The number of aromatic nitrogens is 2. The van der Waals surface area contributed by atoms with Gasteiger partial charge in [0.15, 0.2) is 5.15 Å². The molecular formula is C9H12ClN3S. The van der Waals surface area contributed by atoms with Gasteiger partial charge < -0.3 is 5.73 Å². The average molecular weight is 230 g/mol. The maximum absolute atomic E-state index is 5.72. The van der Waals surface area contributed by atoms with Gasteiger partial charge in [0, 0.05) is 5.92 Å². The molecule has 0 bridgehead atoms. The van der Waals surface area contributed by atoms with Gasteiger partial charge in [-0.2, -0.15) is 16.9 Å². The summed E-state index contributed by atoms with van der Waals surface area (Å²) in [6, 6.07) is 1.86. The normalized spacial score (nSPS) is 18.4. The fourth-order valence-electron chi connectivity index (χ4n) is 1.60. The van der Waals surface area contributed by atoms with Crippen molar-refractivity contribution in [2.75, 3.05) is 17.2 Å². The molecule has 1 aliphatic heterocycles. The van der Waals surface area contributed by atoms with Gasteiger partial charge in [-0.05, 0) is 30.4 Å². The van der Waals surface area contributed by atoms with E-state index in [1.165, 1.54) is 24.3 Å². The van der Waals surface area contributed by atoms with E-state index in [1.54, 1.807) is 0 Å². The number of anilines is 1. The molecule has 2 N–H and O–H groups in total. The summed E-state index contributed by atoms with van der Waals surface area (Å²) in [5, 5.41) is 8.23. The molecule has 0 amide bonds. The molecule has 0 aliphatic carbocycles. The molecule has 0 spiro atoms. The third-order valence-corrected chi connectivity index (χ3v) is 3.78. The van der Waals surface area contributed by atoms with Gasteiger partial charge in [-0.25, -0.2) is 0 Å². The maximum Gasteiger partial charge on any atom is 0.174 e. The van der Waals surface area contributed by atoms with Crippen LogP contribution in [0.4, 0.5) is 5.69 Å². The first-order chi connectivity index (χ1) is 6.77. The van der Waals surface area contributed by atoms with Gasteiger partial charge in [0.25, 0.3) is 0 Å². The van der Waals surface area contributed by atoms with Crippen LogP contribution in [0.1, 0.15) is 24.5 Å². The van der Waals surface area contributed by atoms with Crippen LogP contribution >= 0.6 is 23.4 Å². The molecule has 1 aromatic rings. The summed E-state index contributed by atoms with van der Waals surface area (Å²) in [6.45, 7) is 0. The summed E-state index contributed by atoms with van der Waals surface area (Å²) in [6.07, 6.45) is 2.33. The van der Waals surface area contributed by atoms with Gasteiger partial charge >= 0.3 is 0 Å². The smallest absolute Gasteiger partial charge is 0.174 e. The Morgan fingerprint density at radius 3 is 2.71 bits per heavy atom. The second-order valence-corrected chi connectivity index (χ2v) is 4.98. The van der Waals surface area contributed by atoms with Crippen LogP contribution < -0.4 is 5.73 Å². The van der Waals surface area contributed by atoms with E-state index in [2.05, 4.69) is 10.2 Å². The molecule has 2 rings (SSSR count). The van der Waals surface area contributed by atoms with Crippen LogP contribution in [-0.4, -0.2) is 21.7 Å². The van der Waals surface area contributed by atoms with Crippen molar-refractivity contribution in [2.45, 2.75) is 18.8 Å². The Morgan fingerprint density at radius 1 is 1.36 bits per heavy atom. The molecule has 0 radical (unpaired) electrons. The van der Waals surface area contributed by atoms with E-state index in [0.29, 0.717) is 16.8 Å². The molecule has 3 nitrogen and oxygen atoms in total. The van der Waals surface area contributed by atoms with E-state index < -0.39 is 0 Å². The molecular weight excluding hydrogens is 218 g/mol. The minimum atomic E-state index is 0.305. The van der Waals surface area contributed by atoms with Crippen molar-refractivity contribution in [1.82, 2.24) is 10.2 Å². The van der Waals surface area contributed by atoms with Gasteiger partial charge in [0.2, 0.25) is 0 Å². The lowest BCUT2D eigenvalue weighted by Gasteiger charge is -2.20. The Balaban J connectivity index is 2.18. The van der Waals surface area contributed by atoms with Crippen molar-refractivity contribution in [3.05, 3.63) is 16.9 Å². The summed E-state index contributed by atoms with van der Waals surface area (Å²) >= 11 is 7.71. The molecule has 0 atom stereocenters. The van der Waals surface area contributed by atoms with Crippen molar-refractivity contribution in [3.63, 3.8) is 0 Å². The number of hydrogen-bond acceptors (Lipinski definition) is 4. The summed E-state index contributed by atoms with van der Waals surface area (Å²) in [4.78, 5) is 0. The van der Waals surface area contributed by atoms with E-state index in [4.69, 9.17) is 17.3 Å². The summed E-state index contributed by atoms with van der Waals surface area (Å²) in [5.74, 6) is 2.92. The zero-order valence-corrected chi connectivity index (χ0v) is 9.31. The molecule has 0 saturated carbocycles. The van der Waals surface area contributed by atoms with Crippen molar-refractivity contribution in [1.29, 1.82) is 0 Å². The van der Waals surface area contributed by atoms with Crippen LogP contribution in [0.3, 0.4) is 0 Å². The summed E-state index contributed by atoms with van der Waals surface area (Å²) < 4.78 is 0. The highest BCUT2D eigenvalue weighted by molar-refractivity contribution is 7.99. The van der Waals surface area contributed by atoms with Gasteiger partial charge in [-0.3, -0.25) is 0 Å². The van der Waals surface area contributed by atoms with E-state index in [1.807, 2.05) is 17.8 Å². The number of halogens is 1. The van der Waals surface area contributed by atoms with Crippen LogP contribution in [0, 0.1) is 0 Å². The molecule has 1 saturated heterocycles. The Labute approximate surface area is 92.4 Å². The molecule has 14 heavy (non-hydrogen) atoms. The van der Waals surface area contributed by atoms with Crippen molar-refractivity contribution < 1.29 is 0 Å². The largest absolute Gasteiger partial charge is 0.396 e. The first-order valence-corrected chi connectivity index (χ1v) is 6.17. The zero-order chi connectivity index (χ0) is 9.97. The maximum atomic E-state index is 5.72. The summed E-state index contributed by atoms with van der Waals surface area (Å²) in [5.41, 5.74) is 7.22. The van der Waals surface area contributed by atoms with Crippen LogP contribution in [0.2, 0.25) is 5.15 Å². The van der Waals surface area contributed by atoms with Gasteiger partial charge in [-0.1, -0.05) is 11.6 Å². The fraction of sp³-hybridized carbons (Fsp3) is 0.556. The Morgan fingerprint density at radius 2 is 2.07 bits per heavy atom. The molecule has 1 fully saturated rings. The van der Waals surface area contributed by atoms with Crippen LogP contribution in [0.15, 0.2) is 6.07 Å². The minimum Gasteiger partial charge on any atom is -0.396 e. The Hall–Kier alpha value is -0.480. The highest BCUT2D eigenvalue weighted by Gasteiger charge is 2.18. The predicted octanol–water partition coefficient (Wildman–Crippen LogP) is 2.32. The van der Waals surface area contributed by atoms with E-state index >= 15 is 0 Å². The molecule has 1 aliphatic rings. The van der Waals surface area contributed by atoms with Crippen LogP contribution in [0.5, 0.6) is 0 Å². The highest BCUT2D eigenvalue weighted by atomic mass is 35.5. The molecule has 1 aromatic heterocycles. The number of thioether (sulfide) groups is 1. The minimum absolute atomic E-state index is 0.305. The van der Waals surface area contributed by atoms with E-state index in [-0.39, 0.29) is 0 Å². The molecule has 0 aromatic carbocycles. The molecule has 5 heteroatoms. The third-order valence-electron chi connectivity index (χ3n) is 2.43. The number of nitrogen functional groups attached to an aromatic ring is 1. The van der Waals surface area contributed by atoms with Gasteiger partial charge in [0.1, 0.15) is 0 Å². The van der Waals surface area contributed by atoms with Crippen molar-refractivity contribution in [3.8, 4) is 0 Å². The molecule has 0 unspecified atom stereocenters. The molecule has 76 valence electrons. The second-order valence-electron chi connectivity index (χ2n) is 3.40. The standard InChI is InChI=1S/C9H12ClN3S/c10-9-7(11)5-8(12-13-9)6-1-3-14-4-2-6/h5-6H,1-4H2,(H2,11,12). The number of nitrogens with zero attached hydrogens (tertiary/aromatic N) is 2. The first-order valence-electron chi connectivity index (χ1n) is 4.63. The molecule has 2 heterocycles. The number of hydrogen-bond donors (Lipinski definition) is 1. The van der Waals surface area contributed by atoms with Gasteiger partial charge in [-0.15, -0.1) is 5.10 Å². The number of rotatable bonds is 1. The topological polar surface area (TPSA) is 51.8 Å². The van der Waals surface area contributed by atoms with Crippen LogP contribution in [-0.2, 0) is 0 Å². The zero-order valence-electron chi connectivity index (χ0n) is 7.74. The van der Waals surface area contributed by atoms with Gasteiger partial charge in [0.05, 0.1) is 11.4 Å². The second kappa shape index (κ2) is 4.36. The summed E-state index contributed by atoms with van der Waals surface area (Å²) in [7, 11) is 0. The lowest BCUT2D eigenvalue weighted by atomic mass is 9.98. The quantitative estimate of drug-likeness (QED) is 0.803. The predicted molar refractivity (Wildman–Crippen MR) is 60.8 cm³/mol. The monoisotopic (exact) mass is 229 g/mol. The number of nitrogens with two attached hydrogens (primary N) is 1. The average Bonchev–Trinajstić information content (AvgIpc) is 2.23. The fourth-order valence-corrected chi connectivity index (χ4v) is 2.80.